The predicted octanol–water partition coefficient (Wildman–Crippen LogP) is 3.41. The number of halogens is 1. The van der Waals surface area contributed by atoms with Crippen LogP contribution < -0.4 is 9.80 Å². The van der Waals surface area contributed by atoms with Gasteiger partial charge in [0.15, 0.2) is 0 Å². The van der Waals surface area contributed by atoms with Crippen LogP contribution in [0, 0.1) is 5.82 Å². The highest BCUT2D eigenvalue weighted by atomic mass is 19.1. The van der Waals surface area contributed by atoms with Crippen molar-refractivity contribution in [2.45, 2.75) is 32.2 Å². The van der Waals surface area contributed by atoms with Crippen molar-refractivity contribution in [1.29, 1.82) is 0 Å². The molecule has 1 aliphatic carbocycles. The fourth-order valence-electron chi connectivity index (χ4n) is 3.44. The van der Waals surface area contributed by atoms with Gasteiger partial charge in [0.2, 0.25) is 0 Å². The Balaban J connectivity index is 1.74. The number of carbonyl (C=O) groups excluding carboxylic acids is 1. The zero-order chi connectivity index (χ0) is 16.7. The molecule has 2 heterocycles. The monoisotopic (exact) mass is 325 g/mol. The van der Waals surface area contributed by atoms with Crippen LogP contribution in [0.3, 0.4) is 0 Å². The number of nitrogens with zero attached hydrogens (tertiary/aromatic N) is 3. The Hall–Kier alpha value is -2.43. The Morgan fingerprint density at radius 1 is 1.25 bits per heavy atom. The van der Waals surface area contributed by atoms with Crippen LogP contribution in [-0.2, 0) is 6.42 Å². The molecule has 0 N–H and O–H groups in total. The maximum atomic E-state index is 13.8. The first-order valence-electron chi connectivity index (χ1n) is 8.50. The van der Waals surface area contributed by atoms with Gasteiger partial charge >= 0.3 is 0 Å². The van der Waals surface area contributed by atoms with E-state index in [0.29, 0.717) is 18.2 Å². The Morgan fingerprint density at radius 3 is 2.83 bits per heavy atom. The average Bonchev–Trinajstić information content (AvgIpc) is 3.45. The van der Waals surface area contributed by atoms with Crippen LogP contribution in [0.15, 0.2) is 36.7 Å². The summed E-state index contributed by atoms with van der Waals surface area (Å²) in [5.41, 5.74) is 3.26. The molecule has 2 aromatic rings. The number of rotatable bonds is 3. The zero-order valence-corrected chi connectivity index (χ0v) is 13.7. The van der Waals surface area contributed by atoms with Crippen LogP contribution >= 0.6 is 0 Å². The first kappa shape index (κ1) is 15.1. The maximum Gasteiger partial charge on any atom is 0.258 e. The van der Waals surface area contributed by atoms with Gasteiger partial charge in [-0.3, -0.25) is 9.78 Å². The first-order valence-corrected chi connectivity index (χ1v) is 8.50. The van der Waals surface area contributed by atoms with Crippen LogP contribution in [-0.4, -0.2) is 30.0 Å². The Labute approximate surface area is 140 Å². The molecule has 0 saturated heterocycles. The number of amides is 1. The third-order valence-electron chi connectivity index (χ3n) is 4.85. The normalized spacial score (nSPS) is 16.9. The van der Waals surface area contributed by atoms with Crippen LogP contribution in [0.4, 0.5) is 15.8 Å². The summed E-state index contributed by atoms with van der Waals surface area (Å²) in [4.78, 5) is 21.2. The standard InChI is InChI=1S/C19H20FN3O/c1-2-13-12-21-8-7-16(13)19(24)23-10-9-22(15-4-5-15)18-11-14(20)3-6-17(18)23/h3,6-8,11-12,15H,2,4-5,9-10H2,1H3. The maximum absolute atomic E-state index is 13.8. The Bertz CT molecular complexity index is 788. The van der Waals surface area contributed by atoms with Gasteiger partial charge in [-0.1, -0.05) is 6.92 Å². The molecule has 5 heteroatoms. The SMILES string of the molecule is CCc1cnccc1C(=O)N1CCN(C2CC2)c2cc(F)ccc21. The third-order valence-corrected chi connectivity index (χ3v) is 4.85. The minimum atomic E-state index is -0.258. The average molecular weight is 325 g/mol. The lowest BCUT2D eigenvalue weighted by Gasteiger charge is -2.38. The topological polar surface area (TPSA) is 36.4 Å². The fourth-order valence-corrected chi connectivity index (χ4v) is 3.44. The number of fused-ring (bicyclic) bond motifs is 1. The van der Waals surface area contributed by atoms with E-state index in [1.807, 2.05) is 6.92 Å². The summed E-state index contributed by atoms with van der Waals surface area (Å²) in [5, 5.41) is 0. The second-order valence-electron chi connectivity index (χ2n) is 6.40. The van der Waals surface area contributed by atoms with Gasteiger partial charge in [-0.2, -0.15) is 0 Å². The first-order chi connectivity index (χ1) is 11.7. The van der Waals surface area contributed by atoms with Crippen molar-refractivity contribution in [3.05, 3.63) is 53.6 Å². The molecule has 4 nitrogen and oxygen atoms in total. The Morgan fingerprint density at radius 2 is 2.08 bits per heavy atom. The number of pyridine rings is 1. The van der Waals surface area contributed by atoms with Crippen LogP contribution in [0.1, 0.15) is 35.7 Å². The molecule has 0 radical (unpaired) electrons. The van der Waals surface area contributed by atoms with Gasteiger partial charge in [0.25, 0.3) is 5.91 Å². The quantitative estimate of drug-likeness (QED) is 0.868. The zero-order valence-electron chi connectivity index (χ0n) is 13.7. The van der Waals surface area contributed by atoms with E-state index in [1.54, 1.807) is 35.5 Å². The molecule has 0 unspecified atom stereocenters. The van der Waals surface area contributed by atoms with E-state index in [2.05, 4.69) is 9.88 Å². The van der Waals surface area contributed by atoms with Gasteiger partial charge in [-0.15, -0.1) is 0 Å². The molecular weight excluding hydrogens is 305 g/mol. The minimum Gasteiger partial charge on any atom is -0.365 e. The highest BCUT2D eigenvalue weighted by molar-refractivity contribution is 6.09. The van der Waals surface area contributed by atoms with E-state index in [-0.39, 0.29) is 11.7 Å². The molecule has 24 heavy (non-hydrogen) atoms. The molecule has 2 aliphatic rings. The van der Waals surface area contributed by atoms with Crippen molar-refractivity contribution >= 4 is 17.3 Å². The molecule has 124 valence electrons. The van der Waals surface area contributed by atoms with E-state index in [1.165, 1.54) is 6.07 Å². The molecule has 1 aliphatic heterocycles. The summed E-state index contributed by atoms with van der Waals surface area (Å²) >= 11 is 0. The molecule has 0 atom stereocenters. The summed E-state index contributed by atoms with van der Waals surface area (Å²) in [7, 11) is 0. The third kappa shape index (κ3) is 2.54. The summed E-state index contributed by atoms with van der Waals surface area (Å²) in [6, 6.07) is 6.99. The molecule has 4 rings (SSSR count). The number of hydrogen-bond donors (Lipinski definition) is 0. The van der Waals surface area contributed by atoms with E-state index in [9.17, 15) is 9.18 Å². The summed E-state index contributed by atoms with van der Waals surface area (Å²) in [6.07, 6.45) is 6.45. The minimum absolute atomic E-state index is 0.0300. The van der Waals surface area contributed by atoms with Crippen molar-refractivity contribution < 1.29 is 9.18 Å². The van der Waals surface area contributed by atoms with Crippen molar-refractivity contribution in [2.75, 3.05) is 22.9 Å². The van der Waals surface area contributed by atoms with E-state index in [0.717, 1.165) is 42.7 Å². The van der Waals surface area contributed by atoms with Gasteiger partial charge in [-0.25, -0.2) is 4.39 Å². The Kier molecular flexibility index (Phi) is 3.71. The highest BCUT2D eigenvalue weighted by Gasteiger charge is 2.36. The van der Waals surface area contributed by atoms with E-state index >= 15 is 0 Å². The predicted molar refractivity (Wildman–Crippen MR) is 92.1 cm³/mol. The number of benzene rings is 1. The van der Waals surface area contributed by atoms with E-state index < -0.39 is 0 Å². The van der Waals surface area contributed by atoms with Gasteiger partial charge in [0, 0.05) is 37.1 Å². The lowest BCUT2D eigenvalue weighted by molar-refractivity contribution is 0.0985. The van der Waals surface area contributed by atoms with Gasteiger partial charge in [0.1, 0.15) is 5.82 Å². The molecule has 0 spiro atoms. The van der Waals surface area contributed by atoms with Crippen molar-refractivity contribution in [3.63, 3.8) is 0 Å². The number of aryl methyl sites for hydroxylation is 1. The molecule has 1 saturated carbocycles. The van der Waals surface area contributed by atoms with Crippen molar-refractivity contribution in [3.8, 4) is 0 Å². The van der Waals surface area contributed by atoms with Crippen molar-refractivity contribution in [2.24, 2.45) is 0 Å². The van der Waals surface area contributed by atoms with Crippen LogP contribution in [0.2, 0.25) is 0 Å². The van der Waals surface area contributed by atoms with Gasteiger partial charge in [-0.05, 0) is 49.1 Å². The molecular formula is C19H20FN3O. The summed E-state index contributed by atoms with van der Waals surface area (Å²) in [5.74, 6) is -0.288. The van der Waals surface area contributed by atoms with E-state index in [4.69, 9.17) is 0 Å². The number of aromatic nitrogens is 1. The smallest absolute Gasteiger partial charge is 0.258 e. The molecule has 1 amide bonds. The van der Waals surface area contributed by atoms with Crippen LogP contribution in [0.25, 0.3) is 0 Å². The molecule has 0 bridgehead atoms. The van der Waals surface area contributed by atoms with Crippen LogP contribution in [0.5, 0.6) is 0 Å². The molecule has 1 aromatic heterocycles. The lowest BCUT2D eigenvalue weighted by atomic mass is 10.1. The number of carbonyl (C=O) groups is 1. The summed E-state index contributed by atoms with van der Waals surface area (Å²) in [6.45, 7) is 3.39. The van der Waals surface area contributed by atoms with Gasteiger partial charge < -0.3 is 9.80 Å². The summed E-state index contributed by atoms with van der Waals surface area (Å²) < 4.78 is 13.8. The largest absolute Gasteiger partial charge is 0.365 e. The number of hydrogen-bond acceptors (Lipinski definition) is 3. The second kappa shape index (κ2) is 5.89. The molecule has 1 fully saturated rings. The fraction of sp³-hybridized carbons (Fsp3) is 0.368. The highest BCUT2D eigenvalue weighted by Crippen LogP contribution is 2.40. The number of anilines is 2. The lowest BCUT2D eigenvalue weighted by Crippen LogP contribution is -2.45. The molecule has 1 aromatic carbocycles. The van der Waals surface area contributed by atoms with Crippen molar-refractivity contribution in [1.82, 2.24) is 4.98 Å². The second-order valence-corrected chi connectivity index (χ2v) is 6.40. The van der Waals surface area contributed by atoms with Gasteiger partial charge in [0.05, 0.1) is 11.4 Å².